The van der Waals surface area contributed by atoms with Gasteiger partial charge in [0.15, 0.2) is 0 Å². The van der Waals surface area contributed by atoms with Gasteiger partial charge in [-0.3, -0.25) is 4.79 Å². The third-order valence-corrected chi connectivity index (χ3v) is 5.69. The fourth-order valence-electron chi connectivity index (χ4n) is 3.17. The van der Waals surface area contributed by atoms with Gasteiger partial charge in [0.05, 0.1) is 16.7 Å². The molecule has 1 aromatic carbocycles. The summed E-state index contributed by atoms with van der Waals surface area (Å²) in [5, 5.41) is 1.79. The molecule has 3 rings (SSSR count). The lowest BCUT2D eigenvalue weighted by Crippen LogP contribution is -2.30. The molecule has 1 amide bonds. The third kappa shape index (κ3) is 3.43. The van der Waals surface area contributed by atoms with Crippen LogP contribution in [0.3, 0.4) is 0 Å². The van der Waals surface area contributed by atoms with Gasteiger partial charge in [-0.15, -0.1) is 11.3 Å². The first kappa shape index (κ1) is 16.5. The van der Waals surface area contributed by atoms with Crippen LogP contribution in [-0.2, 0) is 6.42 Å². The van der Waals surface area contributed by atoms with Crippen LogP contribution < -0.4 is 0 Å². The average Bonchev–Trinajstić information content (AvgIpc) is 3.14. The van der Waals surface area contributed by atoms with E-state index in [0.29, 0.717) is 0 Å². The fourth-order valence-corrected chi connectivity index (χ4v) is 4.49. The molecule has 0 radical (unpaired) electrons. The Morgan fingerprint density at radius 1 is 1.48 bits per heavy atom. The molecule has 1 aromatic heterocycles. The molecule has 0 saturated carbocycles. The number of amides is 1. The molecule has 2 heterocycles. The Morgan fingerprint density at radius 3 is 3.04 bits per heavy atom. The number of likely N-dealkylation sites (tertiary alicyclic amines) is 1. The zero-order valence-corrected chi connectivity index (χ0v) is 15.1. The smallest absolute Gasteiger partial charge is 0.266 e. The maximum Gasteiger partial charge on any atom is 0.266 e. The van der Waals surface area contributed by atoms with Gasteiger partial charge in [-0.05, 0) is 50.3 Å². The second kappa shape index (κ2) is 7.02. The molecule has 1 saturated heterocycles. The van der Waals surface area contributed by atoms with Crippen LogP contribution in [0.4, 0.5) is 0 Å². The van der Waals surface area contributed by atoms with E-state index in [0.717, 1.165) is 58.4 Å². The summed E-state index contributed by atoms with van der Waals surface area (Å²) in [6.45, 7) is 4.87. The third-order valence-electron chi connectivity index (χ3n) is 4.25. The summed E-state index contributed by atoms with van der Waals surface area (Å²) >= 11 is 7.67. The van der Waals surface area contributed by atoms with Crippen molar-refractivity contribution in [3.05, 3.63) is 50.4 Å². The van der Waals surface area contributed by atoms with Crippen molar-refractivity contribution in [3.8, 4) is 0 Å². The molecule has 122 valence electrons. The summed E-state index contributed by atoms with van der Waals surface area (Å²) in [4.78, 5) is 20.4. The topological polar surface area (TPSA) is 33.2 Å². The van der Waals surface area contributed by atoms with Crippen molar-refractivity contribution in [2.24, 2.45) is 0 Å². The minimum Gasteiger partial charge on any atom is -0.331 e. The second-order valence-electron chi connectivity index (χ2n) is 5.98. The predicted octanol–water partition coefficient (Wildman–Crippen LogP) is 5.03. The van der Waals surface area contributed by atoms with Crippen LogP contribution in [-0.4, -0.2) is 22.3 Å². The van der Waals surface area contributed by atoms with Crippen molar-refractivity contribution in [2.75, 3.05) is 6.54 Å². The van der Waals surface area contributed by atoms with Gasteiger partial charge in [0.25, 0.3) is 5.91 Å². The van der Waals surface area contributed by atoms with Crippen LogP contribution in [0.2, 0.25) is 5.02 Å². The van der Waals surface area contributed by atoms with Gasteiger partial charge < -0.3 is 4.90 Å². The van der Waals surface area contributed by atoms with E-state index in [-0.39, 0.29) is 11.9 Å². The standard InChI is InChI=1S/C18H21ClN2OS/c1-3-6-16-20-12(2)17(23-16)18(22)21-10-5-9-15(21)13-7-4-8-14(19)11-13/h4,7-8,11,15H,3,5-6,9-10H2,1-2H3/t15-/m1/s1. The Kier molecular flexibility index (Phi) is 5.02. The largest absolute Gasteiger partial charge is 0.331 e. The summed E-state index contributed by atoms with van der Waals surface area (Å²) in [6, 6.07) is 7.98. The van der Waals surface area contributed by atoms with E-state index in [1.807, 2.05) is 30.0 Å². The first-order valence-corrected chi connectivity index (χ1v) is 9.32. The molecule has 0 N–H and O–H groups in total. The number of hydrogen-bond acceptors (Lipinski definition) is 3. The zero-order valence-electron chi connectivity index (χ0n) is 13.5. The molecular formula is C18H21ClN2OS. The highest BCUT2D eigenvalue weighted by molar-refractivity contribution is 7.13. The lowest BCUT2D eigenvalue weighted by atomic mass is 10.0. The van der Waals surface area contributed by atoms with E-state index in [4.69, 9.17) is 11.6 Å². The molecule has 0 bridgehead atoms. The van der Waals surface area contributed by atoms with E-state index in [9.17, 15) is 4.79 Å². The molecule has 1 aliphatic rings. The van der Waals surface area contributed by atoms with Crippen LogP contribution in [0.1, 0.15) is 58.2 Å². The molecule has 1 atom stereocenters. The molecule has 0 unspecified atom stereocenters. The van der Waals surface area contributed by atoms with Crippen LogP contribution in [0.5, 0.6) is 0 Å². The van der Waals surface area contributed by atoms with Crippen LogP contribution >= 0.6 is 22.9 Å². The zero-order chi connectivity index (χ0) is 16.4. The summed E-state index contributed by atoms with van der Waals surface area (Å²) in [5.41, 5.74) is 1.99. The lowest BCUT2D eigenvalue weighted by Gasteiger charge is -2.25. The van der Waals surface area contributed by atoms with Crippen LogP contribution in [0.15, 0.2) is 24.3 Å². The number of aryl methyl sites for hydroxylation is 2. The van der Waals surface area contributed by atoms with Crippen molar-refractivity contribution >= 4 is 28.8 Å². The van der Waals surface area contributed by atoms with Gasteiger partial charge in [-0.2, -0.15) is 0 Å². The molecule has 2 aromatic rings. The Morgan fingerprint density at radius 2 is 2.30 bits per heavy atom. The summed E-state index contributed by atoms with van der Waals surface area (Å²) in [5.74, 6) is 0.116. The molecule has 0 spiro atoms. The van der Waals surface area contributed by atoms with Gasteiger partial charge >= 0.3 is 0 Å². The number of benzene rings is 1. The van der Waals surface area contributed by atoms with E-state index < -0.39 is 0 Å². The quantitative estimate of drug-likeness (QED) is 0.775. The van der Waals surface area contributed by atoms with E-state index >= 15 is 0 Å². The van der Waals surface area contributed by atoms with Crippen molar-refractivity contribution in [2.45, 2.75) is 45.6 Å². The van der Waals surface area contributed by atoms with Crippen molar-refractivity contribution in [1.82, 2.24) is 9.88 Å². The first-order chi connectivity index (χ1) is 11.1. The van der Waals surface area contributed by atoms with Crippen molar-refractivity contribution in [1.29, 1.82) is 0 Å². The molecule has 1 fully saturated rings. The van der Waals surface area contributed by atoms with Gasteiger partial charge in [0.1, 0.15) is 4.88 Å². The van der Waals surface area contributed by atoms with Gasteiger partial charge in [0.2, 0.25) is 0 Å². The summed E-state index contributed by atoms with van der Waals surface area (Å²) in [7, 11) is 0. The van der Waals surface area contributed by atoms with E-state index in [1.54, 1.807) is 11.3 Å². The predicted molar refractivity (Wildman–Crippen MR) is 95.3 cm³/mol. The van der Waals surface area contributed by atoms with Gasteiger partial charge in [0, 0.05) is 11.6 Å². The summed E-state index contributed by atoms with van der Waals surface area (Å²) < 4.78 is 0. The number of nitrogens with zero attached hydrogens (tertiary/aromatic N) is 2. The number of hydrogen-bond donors (Lipinski definition) is 0. The Labute approximate surface area is 146 Å². The SMILES string of the molecule is CCCc1nc(C)c(C(=O)N2CCC[C@@H]2c2cccc(Cl)c2)s1. The van der Waals surface area contributed by atoms with E-state index in [1.165, 1.54) is 0 Å². The molecule has 5 heteroatoms. The lowest BCUT2D eigenvalue weighted by molar-refractivity contribution is 0.0739. The maximum absolute atomic E-state index is 13.0. The number of thiazole rings is 1. The minimum absolute atomic E-state index is 0.116. The van der Waals surface area contributed by atoms with Crippen molar-refractivity contribution < 1.29 is 4.79 Å². The number of carbonyl (C=O) groups excluding carboxylic acids is 1. The first-order valence-electron chi connectivity index (χ1n) is 8.13. The number of halogens is 1. The van der Waals surface area contributed by atoms with Crippen LogP contribution in [0, 0.1) is 6.92 Å². The fraction of sp³-hybridized carbons (Fsp3) is 0.444. The molecule has 3 nitrogen and oxygen atoms in total. The normalized spacial score (nSPS) is 17.7. The molecule has 1 aliphatic heterocycles. The van der Waals surface area contributed by atoms with Crippen molar-refractivity contribution in [3.63, 3.8) is 0 Å². The highest BCUT2D eigenvalue weighted by Gasteiger charge is 2.32. The number of aromatic nitrogens is 1. The Hall–Kier alpha value is -1.39. The monoisotopic (exact) mass is 348 g/mol. The number of rotatable bonds is 4. The maximum atomic E-state index is 13.0. The molecular weight excluding hydrogens is 328 g/mol. The molecule has 0 aliphatic carbocycles. The second-order valence-corrected chi connectivity index (χ2v) is 7.50. The Balaban J connectivity index is 1.86. The molecule has 23 heavy (non-hydrogen) atoms. The van der Waals surface area contributed by atoms with Gasteiger partial charge in [-0.25, -0.2) is 4.98 Å². The van der Waals surface area contributed by atoms with Crippen LogP contribution in [0.25, 0.3) is 0 Å². The highest BCUT2D eigenvalue weighted by Crippen LogP contribution is 2.35. The Bertz CT molecular complexity index is 713. The minimum atomic E-state index is 0.116. The average molecular weight is 349 g/mol. The highest BCUT2D eigenvalue weighted by atomic mass is 35.5. The summed E-state index contributed by atoms with van der Waals surface area (Å²) in [6.07, 6.45) is 4.01. The van der Waals surface area contributed by atoms with E-state index in [2.05, 4.69) is 18.0 Å². The van der Waals surface area contributed by atoms with Gasteiger partial charge in [-0.1, -0.05) is 30.7 Å². The number of carbonyl (C=O) groups is 1.